The lowest BCUT2D eigenvalue weighted by Crippen LogP contribution is -2.15. The highest BCUT2D eigenvalue weighted by atomic mass is 16.5. The van der Waals surface area contributed by atoms with Gasteiger partial charge in [-0.2, -0.15) is 0 Å². The van der Waals surface area contributed by atoms with E-state index in [0.29, 0.717) is 6.10 Å². The van der Waals surface area contributed by atoms with E-state index < -0.39 is 0 Å². The molecule has 0 N–H and O–H groups in total. The number of hydrogen-bond acceptors (Lipinski definition) is 1. The zero-order valence-electron chi connectivity index (χ0n) is 7.10. The van der Waals surface area contributed by atoms with Crippen LogP contribution in [0.5, 0.6) is 0 Å². The van der Waals surface area contributed by atoms with Crippen molar-refractivity contribution in [3.8, 4) is 0 Å². The molecule has 2 atom stereocenters. The van der Waals surface area contributed by atoms with Gasteiger partial charge in [-0.3, -0.25) is 0 Å². The lowest BCUT2D eigenvalue weighted by atomic mass is 10.1. The fraction of sp³-hybridized carbons (Fsp3) is 1.00. The van der Waals surface area contributed by atoms with Gasteiger partial charge in [-0.25, -0.2) is 0 Å². The Bertz CT molecular complexity index is 90.7. The molecule has 0 radical (unpaired) electrons. The summed E-state index contributed by atoms with van der Waals surface area (Å²) in [4.78, 5) is 0. The molecule has 1 heteroatoms. The van der Waals surface area contributed by atoms with Gasteiger partial charge in [0, 0.05) is 6.61 Å². The zero-order chi connectivity index (χ0) is 7.40. The smallest absolute Gasteiger partial charge is 0.0600 e. The van der Waals surface area contributed by atoms with E-state index in [0.717, 1.165) is 18.9 Å². The zero-order valence-corrected chi connectivity index (χ0v) is 7.10. The molecule has 1 fully saturated rings. The molecule has 0 aliphatic heterocycles. The lowest BCUT2D eigenvalue weighted by Gasteiger charge is -2.15. The van der Waals surface area contributed by atoms with E-state index in [1.54, 1.807) is 0 Å². The molecule has 0 aromatic heterocycles. The Hall–Kier alpha value is -0.0400. The second-order valence-electron chi connectivity index (χ2n) is 3.32. The van der Waals surface area contributed by atoms with E-state index in [4.69, 9.17) is 4.74 Å². The molecule has 0 aromatic rings. The fourth-order valence-electron chi connectivity index (χ4n) is 1.63. The molecule has 0 amide bonds. The van der Waals surface area contributed by atoms with Crippen molar-refractivity contribution in [1.82, 2.24) is 0 Å². The van der Waals surface area contributed by atoms with E-state index in [9.17, 15) is 0 Å². The average molecular weight is 142 g/mol. The average Bonchev–Trinajstić information content (AvgIpc) is 2.31. The van der Waals surface area contributed by atoms with Crippen molar-refractivity contribution in [3.63, 3.8) is 0 Å². The van der Waals surface area contributed by atoms with Crippen LogP contribution in [-0.2, 0) is 4.74 Å². The molecule has 2 unspecified atom stereocenters. The summed E-state index contributed by atoms with van der Waals surface area (Å²) in [6.07, 6.45) is 5.77. The van der Waals surface area contributed by atoms with Gasteiger partial charge in [-0.1, -0.05) is 20.3 Å². The monoisotopic (exact) mass is 142 g/mol. The molecule has 10 heavy (non-hydrogen) atoms. The predicted octanol–water partition coefficient (Wildman–Crippen LogP) is 2.60. The summed E-state index contributed by atoms with van der Waals surface area (Å²) in [7, 11) is 0. The van der Waals surface area contributed by atoms with Crippen LogP contribution >= 0.6 is 0 Å². The van der Waals surface area contributed by atoms with Gasteiger partial charge in [0.05, 0.1) is 6.10 Å². The van der Waals surface area contributed by atoms with Crippen LogP contribution in [0.15, 0.2) is 0 Å². The second kappa shape index (κ2) is 3.97. The van der Waals surface area contributed by atoms with Crippen LogP contribution in [0.2, 0.25) is 0 Å². The molecule has 0 bridgehead atoms. The van der Waals surface area contributed by atoms with Crippen molar-refractivity contribution in [1.29, 1.82) is 0 Å². The van der Waals surface area contributed by atoms with Crippen molar-refractivity contribution < 1.29 is 4.74 Å². The quantitative estimate of drug-likeness (QED) is 0.588. The molecule has 0 heterocycles. The van der Waals surface area contributed by atoms with Gasteiger partial charge in [0.1, 0.15) is 0 Å². The van der Waals surface area contributed by atoms with Crippen LogP contribution < -0.4 is 0 Å². The van der Waals surface area contributed by atoms with Crippen LogP contribution in [-0.4, -0.2) is 12.7 Å². The standard InChI is InChI=1S/C9H18O/c1-3-7-10-9-6-4-5-8(9)2/h8-9H,3-7H2,1-2H3. The molecule has 0 spiro atoms. The van der Waals surface area contributed by atoms with Gasteiger partial charge in [0.15, 0.2) is 0 Å². The maximum atomic E-state index is 5.66. The third kappa shape index (κ3) is 1.98. The molecule has 1 rings (SSSR count). The minimum atomic E-state index is 0.583. The maximum absolute atomic E-state index is 5.66. The molecule has 0 saturated heterocycles. The van der Waals surface area contributed by atoms with Crippen molar-refractivity contribution in [2.75, 3.05) is 6.61 Å². The summed E-state index contributed by atoms with van der Waals surface area (Å²) in [5.41, 5.74) is 0. The SMILES string of the molecule is CCCOC1CCCC1C. The molecule has 1 aliphatic carbocycles. The summed E-state index contributed by atoms with van der Waals surface area (Å²) in [6, 6.07) is 0. The first-order chi connectivity index (χ1) is 4.84. The number of hydrogen-bond donors (Lipinski definition) is 0. The highest BCUT2D eigenvalue weighted by Gasteiger charge is 2.23. The molecule has 1 saturated carbocycles. The third-order valence-corrected chi connectivity index (χ3v) is 2.32. The Labute approximate surface area is 63.8 Å². The Balaban J connectivity index is 2.14. The first-order valence-corrected chi connectivity index (χ1v) is 4.46. The first-order valence-electron chi connectivity index (χ1n) is 4.46. The number of rotatable bonds is 3. The van der Waals surface area contributed by atoms with Crippen molar-refractivity contribution in [2.45, 2.75) is 45.6 Å². The minimum absolute atomic E-state index is 0.583. The van der Waals surface area contributed by atoms with Crippen molar-refractivity contribution >= 4 is 0 Å². The van der Waals surface area contributed by atoms with E-state index in [1.807, 2.05) is 0 Å². The largest absolute Gasteiger partial charge is 0.378 e. The summed E-state index contributed by atoms with van der Waals surface area (Å²) in [5.74, 6) is 0.812. The summed E-state index contributed by atoms with van der Waals surface area (Å²) < 4.78 is 5.66. The van der Waals surface area contributed by atoms with Gasteiger partial charge >= 0.3 is 0 Å². The predicted molar refractivity (Wildman–Crippen MR) is 43.0 cm³/mol. The fourth-order valence-corrected chi connectivity index (χ4v) is 1.63. The summed E-state index contributed by atoms with van der Waals surface area (Å²) >= 11 is 0. The van der Waals surface area contributed by atoms with Crippen molar-refractivity contribution in [3.05, 3.63) is 0 Å². The van der Waals surface area contributed by atoms with E-state index in [2.05, 4.69) is 13.8 Å². The molecular weight excluding hydrogens is 124 g/mol. The van der Waals surface area contributed by atoms with Crippen LogP contribution in [0.1, 0.15) is 39.5 Å². The van der Waals surface area contributed by atoms with Gasteiger partial charge in [0.25, 0.3) is 0 Å². The Morgan fingerprint density at radius 3 is 2.70 bits per heavy atom. The molecule has 1 aliphatic rings. The maximum Gasteiger partial charge on any atom is 0.0600 e. The van der Waals surface area contributed by atoms with Crippen molar-refractivity contribution in [2.24, 2.45) is 5.92 Å². The number of ether oxygens (including phenoxy) is 1. The van der Waals surface area contributed by atoms with Gasteiger partial charge in [0.2, 0.25) is 0 Å². The highest BCUT2D eigenvalue weighted by Crippen LogP contribution is 2.27. The van der Waals surface area contributed by atoms with E-state index >= 15 is 0 Å². The van der Waals surface area contributed by atoms with E-state index in [-0.39, 0.29) is 0 Å². The third-order valence-electron chi connectivity index (χ3n) is 2.32. The Morgan fingerprint density at radius 2 is 2.20 bits per heavy atom. The van der Waals surface area contributed by atoms with Gasteiger partial charge < -0.3 is 4.74 Å². The summed E-state index contributed by atoms with van der Waals surface area (Å²) in [6.45, 7) is 5.42. The first kappa shape index (κ1) is 8.06. The highest BCUT2D eigenvalue weighted by molar-refractivity contribution is 4.74. The van der Waals surface area contributed by atoms with Gasteiger partial charge in [-0.05, 0) is 25.2 Å². The van der Waals surface area contributed by atoms with E-state index in [1.165, 1.54) is 19.3 Å². The van der Waals surface area contributed by atoms with Crippen LogP contribution in [0, 0.1) is 5.92 Å². The summed E-state index contributed by atoms with van der Waals surface area (Å²) in [5, 5.41) is 0. The molecule has 60 valence electrons. The minimum Gasteiger partial charge on any atom is -0.378 e. The normalized spacial score (nSPS) is 33.0. The second-order valence-corrected chi connectivity index (χ2v) is 3.32. The van der Waals surface area contributed by atoms with Crippen LogP contribution in [0.25, 0.3) is 0 Å². The molecular formula is C9H18O. The molecule has 0 aromatic carbocycles. The Kier molecular flexibility index (Phi) is 3.20. The Morgan fingerprint density at radius 1 is 1.40 bits per heavy atom. The molecule has 1 nitrogen and oxygen atoms in total. The van der Waals surface area contributed by atoms with Crippen LogP contribution in [0.3, 0.4) is 0 Å². The lowest BCUT2D eigenvalue weighted by molar-refractivity contribution is 0.0331. The van der Waals surface area contributed by atoms with Crippen LogP contribution in [0.4, 0.5) is 0 Å². The van der Waals surface area contributed by atoms with Gasteiger partial charge in [-0.15, -0.1) is 0 Å². The topological polar surface area (TPSA) is 9.23 Å².